The summed E-state index contributed by atoms with van der Waals surface area (Å²) in [5.74, 6) is 0.949. The zero-order valence-electron chi connectivity index (χ0n) is 30.7. The molecule has 1 aliphatic rings. The summed E-state index contributed by atoms with van der Waals surface area (Å²) < 4.78 is 20.3. The Morgan fingerprint density at radius 3 is 2.15 bits per heavy atom. The molecule has 3 heterocycles. The highest BCUT2D eigenvalue weighted by molar-refractivity contribution is 6.76. The topological polar surface area (TPSA) is 81.4 Å². The van der Waals surface area contributed by atoms with Gasteiger partial charge in [-0.3, -0.25) is 0 Å². The van der Waals surface area contributed by atoms with Gasteiger partial charge in [0, 0.05) is 60.0 Å². The van der Waals surface area contributed by atoms with Crippen molar-refractivity contribution in [1.82, 2.24) is 19.5 Å². The van der Waals surface area contributed by atoms with Crippen LogP contribution in [0.2, 0.25) is 51.4 Å². The number of fused-ring (bicyclic) bond motifs is 1. The van der Waals surface area contributed by atoms with Crippen LogP contribution in [-0.2, 0) is 20.6 Å². The molecule has 9 nitrogen and oxygen atoms in total. The Morgan fingerprint density at radius 2 is 1.60 bits per heavy atom. The molecule has 0 radical (unpaired) electrons. The first kappa shape index (κ1) is 37.1. The van der Waals surface area contributed by atoms with E-state index in [0.717, 1.165) is 59.6 Å². The van der Waals surface area contributed by atoms with Gasteiger partial charge in [0.25, 0.3) is 0 Å². The fourth-order valence-electron chi connectivity index (χ4n) is 5.51. The van der Waals surface area contributed by atoms with E-state index < -0.39 is 21.7 Å². The molecule has 2 aromatic heterocycles. The van der Waals surface area contributed by atoms with E-state index in [1.807, 2.05) is 36.4 Å². The molecule has 1 aliphatic heterocycles. The third kappa shape index (κ3) is 11.2. The number of likely N-dealkylation sites (tertiary alicyclic amines) is 1. The lowest BCUT2D eigenvalue weighted by molar-refractivity contribution is 0.0197. The Balaban J connectivity index is 1.73. The fraction of sp³-hybridized carbons (Fsp3) is 0.639. The van der Waals surface area contributed by atoms with Gasteiger partial charge in [-0.1, -0.05) is 70.5 Å². The van der Waals surface area contributed by atoms with Gasteiger partial charge < -0.3 is 24.0 Å². The molecule has 260 valence electrons. The molecule has 3 aromatic rings. The number of amides is 1. The smallest absolute Gasteiger partial charge is 0.410 e. The van der Waals surface area contributed by atoms with Gasteiger partial charge in [-0.2, -0.15) is 9.61 Å². The predicted molar refractivity (Wildman–Crippen MR) is 198 cm³/mol. The van der Waals surface area contributed by atoms with Crippen molar-refractivity contribution in [2.75, 3.05) is 44.7 Å². The average Bonchev–Trinajstić information content (AvgIpc) is 3.42. The monoisotopic (exact) mass is 681 g/mol. The maximum atomic E-state index is 13.1. The molecular weight excluding hydrogens is 623 g/mol. The van der Waals surface area contributed by atoms with E-state index in [1.165, 1.54) is 5.56 Å². The fourth-order valence-corrected chi connectivity index (χ4v) is 7.02. The standard InChI is InChI=1S/C36H59N5O4Si2/c1-11-28-14-16-29(17-15-28)31-24-37-41-33(40(26-43-19-21-46(5,6)7)27-44-20-22-47(8,9)10)23-32(38-34(31)41)30-13-12-18-39(25-30)35(42)45-36(2,3)4/h14-17,23-24,30H,11-13,18-22,25-27H2,1-10H3. The summed E-state index contributed by atoms with van der Waals surface area (Å²) in [6.45, 7) is 25.6. The van der Waals surface area contributed by atoms with E-state index in [1.54, 1.807) is 0 Å². The van der Waals surface area contributed by atoms with Crippen LogP contribution < -0.4 is 4.90 Å². The molecule has 0 bridgehead atoms. The van der Waals surface area contributed by atoms with E-state index in [0.29, 0.717) is 39.8 Å². The van der Waals surface area contributed by atoms with E-state index in [4.69, 9.17) is 24.3 Å². The summed E-state index contributed by atoms with van der Waals surface area (Å²) in [5.41, 5.74) is 4.55. The number of rotatable bonds is 14. The van der Waals surface area contributed by atoms with Crippen LogP contribution in [-0.4, -0.2) is 87.1 Å². The summed E-state index contributed by atoms with van der Waals surface area (Å²) in [4.78, 5) is 22.4. The molecule has 1 fully saturated rings. The number of benzene rings is 1. The number of aryl methyl sites for hydroxylation is 1. The van der Waals surface area contributed by atoms with Crippen molar-refractivity contribution >= 4 is 33.7 Å². The summed E-state index contributed by atoms with van der Waals surface area (Å²) in [6.07, 6.45) is 4.47. The number of nitrogens with zero attached hydrogens (tertiary/aromatic N) is 5. The van der Waals surface area contributed by atoms with Crippen molar-refractivity contribution in [3.63, 3.8) is 0 Å². The molecule has 4 rings (SSSR count). The zero-order chi connectivity index (χ0) is 34.4. The van der Waals surface area contributed by atoms with Crippen LogP contribution in [0.25, 0.3) is 16.8 Å². The van der Waals surface area contributed by atoms with E-state index in [9.17, 15) is 4.79 Å². The van der Waals surface area contributed by atoms with Gasteiger partial charge in [0.1, 0.15) is 24.9 Å². The van der Waals surface area contributed by atoms with Crippen LogP contribution in [0.4, 0.5) is 10.6 Å². The molecule has 1 unspecified atom stereocenters. The minimum atomic E-state index is -1.25. The number of ether oxygens (including phenoxy) is 3. The Hall–Kier alpha value is -2.74. The molecule has 1 aromatic carbocycles. The highest BCUT2D eigenvalue weighted by Gasteiger charge is 2.30. The van der Waals surface area contributed by atoms with Gasteiger partial charge in [-0.25, -0.2) is 9.78 Å². The lowest BCUT2D eigenvalue weighted by atomic mass is 9.94. The molecule has 0 spiro atoms. The number of carbonyl (C=O) groups excluding carboxylic acids is 1. The van der Waals surface area contributed by atoms with Gasteiger partial charge in [-0.15, -0.1) is 0 Å². The molecule has 11 heteroatoms. The second-order valence-electron chi connectivity index (χ2n) is 16.4. The van der Waals surface area contributed by atoms with Crippen molar-refractivity contribution in [2.24, 2.45) is 0 Å². The maximum absolute atomic E-state index is 13.1. The van der Waals surface area contributed by atoms with Gasteiger partial charge in [-0.05, 0) is 63.2 Å². The third-order valence-electron chi connectivity index (χ3n) is 8.45. The molecule has 0 N–H and O–H groups in total. The molecule has 1 atom stereocenters. The van der Waals surface area contributed by atoms with Crippen LogP contribution in [0.3, 0.4) is 0 Å². The minimum Gasteiger partial charge on any atom is -0.444 e. The quantitative estimate of drug-likeness (QED) is 0.0959. The molecule has 1 amide bonds. The van der Waals surface area contributed by atoms with Crippen molar-refractivity contribution in [1.29, 1.82) is 0 Å². The summed E-state index contributed by atoms with van der Waals surface area (Å²) in [7, 11) is -2.50. The van der Waals surface area contributed by atoms with E-state index in [-0.39, 0.29) is 12.0 Å². The van der Waals surface area contributed by atoms with Gasteiger partial charge >= 0.3 is 6.09 Å². The number of carbonyl (C=O) groups is 1. The summed E-state index contributed by atoms with van der Waals surface area (Å²) in [5, 5.41) is 4.89. The van der Waals surface area contributed by atoms with Gasteiger partial charge in [0.05, 0.1) is 11.9 Å². The van der Waals surface area contributed by atoms with E-state index in [2.05, 4.69) is 81.4 Å². The summed E-state index contributed by atoms with van der Waals surface area (Å²) >= 11 is 0. The SMILES string of the molecule is CCc1ccc(-c2cnn3c(N(COCC[Si](C)(C)C)COCC[Si](C)(C)C)cc(C4CCCN(C(=O)OC(C)(C)C)C4)nc23)cc1. The molecule has 0 saturated carbocycles. The lowest BCUT2D eigenvalue weighted by Gasteiger charge is -2.34. The average molecular weight is 682 g/mol. The van der Waals surface area contributed by atoms with Crippen LogP contribution in [0, 0.1) is 0 Å². The first-order valence-electron chi connectivity index (χ1n) is 17.4. The largest absolute Gasteiger partial charge is 0.444 e. The highest BCUT2D eigenvalue weighted by Crippen LogP contribution is 2.33. The third-order valence-corrected chi connectivity index (χ3v) is 11.9. The minimum absolute atomic E-state index is 0.0627. The lowest BCUT2D eigenvalue weighted by Crippen LogP contribution is -2.42. The molecule has 47 heavy (non-hydrogen) atoms. The Labute approximate surface area is 285 Å². The van der Waals surface area contributed by atoms with Crippen LogP contribution in [0.1, 0.15) is 57.7 Å². The highest BCUT2D eigenvalue weighted by atomic mass is 28.3. The Morgan fingerprint density at radius 1 is 0.979 bits per heavy atom. The normalized spacial score (nSPS) is 16.1. The first-order valence-corrected chi connectivity index (χ1v) is 24.8. The first-order chi connectivity index (χ1) is 22.0. The number of piperidine rings is 1. The number of aromatic nitrogens is 3. The van der Waals surface area contributed by atoms with Gasteiger partial charge in [0.2, 0.25) is 0 Å². The molecule has 0 aliphatic carbocycles. The van der Waals surface area contributed by atoms with Crippen molar-refractivity contribution in [3.8, 4) is 11.1 Å². The van der Waals surface area contributed by atoms with Crippen molar-refractivity contribution in [3.05, 3.63) is 47.8 Å². The zero-order valence-corrected chi connectivity index (χ0v) is 32.7. The van der Waals surface area contributed by atoms with E-state index >= 15 is 0 Å². The number of hydrogen-bond donors (Lipinski definition) is 0. The Kier molecular flexibility index (Phi) is 12.4. The van der Waals surface area contributed by atoms with Crippen LogP contribution in [0.15, 0.2) is 36.5 Å². The van der Waals surface area contributed by atoms with Crippen molar-refractivity contribution in [2.45, 2.75) is 110 Å². The van der Waals surface area contributed by atoms with Crippen LogP contribution in [0.5, 0.6) is 0 Å². The molecule has 1 saturated heterocycles. The van der Waals surface area contributed by atoms with Crippen LogP contribution >= 0.6 is 0 Å². The number of hydrogen-bond acceptors (Lipinski definition) is 7. The molecular formula is C36H59N5O4Si2. The second-order valence-corrected chi connectivity index (χ2v) is 27.6. The summed E-state index contributed by atoms with van der Waals surface area (Å²) in [6, 6.07) is 13.0. The maximum Gasteiger partial charge on any atom is 0.410 e. The number of anilines is 1. The second kappa shape index (κ2) is 15.7. The Bertz CT molecular complexity index is 1440. The van der Waals surface area contributed by atoms with Gasteiger partial charge in [0.15, 0.2) is 5.65 Å². The van der Waals surface area contributed by atoms with Crippen molar-refractivity contribution < 1.29 is 19.0 Å². The predicted octanol–water partition coefficient (Wildman–Crippen LogP) is 8.50.